The number of amides is 1. The highest BCUT2D eigenvalue weighted by Crippen LogP contribution is 2.31. The van der Waals surface area contributed by atoms with Gasteiger partial charge in [0, 0.05) is 24.6 Å². The number of nitrogens with zero attached hydrogens (tertiary/aromatic N) is 1. The van der Waals surface area contributed by atoms with Gasteiger partial charge in [0.2, 0.25) is 5.91 Å². The zero-order valence-electron chi connectivity index (χ0n) is 14.5. The lowest BCUT2D eigenvalue weighted by Gasteiger charge is -2.34. The summed E-state index contributed by atoms with van der Waals surface area (Å²) < 4.78 is 0. The number of rotatable bonds is 1. The van der Waals surface area contributed by atoms with E-state index < -0.39 is 11.1 Å². The quantitative estimate of drug-likeness (QED) is 0.778. The maximum Gasteiger partial charge on any atom is 0.314 e. The van der Waals surface area contributed by atoms with Crippen molar-refractivity contribution in [2.24, 2.45) is 5.92 Å². The van der Waals surface area contributed by atoms with Gasteiger partial charge in [0.05, 0.1) is 11.0 Å². The number of fused-ring (bicyclic) bond motifs is 3. The maximum absolute atomic E-state index is 12.9. The maximum atomic E-state index is 12.9. The number of carbonyl (C=O) groups excluding carboxylic acids is 1. The minimum absolute atomic E-state index is 0.144. The van der Waals surface area contributed by atoms with Crippen molar-refractivity contribution in [2.75, 3.05) is 6.54 Å². The SMILES string of the molecule is Cc1cc2[nH]c(=O)c(=O)[nH]c2c2c1CCN(C(=O)C1CCCCC1)C2. The third-order valence-corrected chi connectivity index (χ3v) is 5.71. The first-order valence-electron chi connectivity index (χ1n) is 9.11. The van der Waals surface area contributed by atoms with Crippen molar-refractivity contribution in [1.82, 2.24) is 14.9 Å². The zero-order valence-corrected chi connectivity index (χ0v) is 14.5. The first kappa shape index (κ1) is 16.1. The molecule has 0 radical (unpaired) electrons. The van der Waals surface area contributed by atoms with Crippen LogP contribution in [0.25, 0.3) is 11.0 Å². The second kappa shape index (κ2) is 6.17. The lowest BCUT2D eigenvalue weighted by Crippen LogP contribution is -2.41. The molecule has 1 aromatic carbocycles. The average Bonchev–Trinajstić information content (AvgIpc) is 2.63. The molecule has 1 aromatic heterocycles. The fourth-order valence-corrected chi connectivity index (χ4v) is 4.35. The normalized spacial score (nSPS) is 18.4. The summed E-state index contributed by atoms with van der Waals surface area (Å²) in [6, 6.07) is 1.91. The Morgan fingerprint density at radius 2 is 1.80 bits per heavy atom. The Morgan fingerprint density at radius 1 is 1.08 bits per heavy atom. The van der Waals surface area contributed by atoms with Gasteiger partial charge in [0.15, 0.2) is 0 Å². The molecule has 2 aromatic rings. The van der Waals surface area contributed by atoms with Crippen molar-refractivity contribution in [3.63, 3.8) is 0 Å². The van der Waals surface area contributed by atoms with Gasteiger partial charge in [-0.15, -0.1) is 0 Å². The van der Waals surface area contributed by atoms with Gasteiger partial charge in [-0.1, -0.05) is 19.3 Å². The Labute approximate surface area is 145 Å². The van der Waals surface area contributed by atoms with E-state index in [0.717, 1.165) is 49.8 Å². The first-order valence-corrected chi connectivity index (χ1v) is 9.11. The van der Waals surface area contributed by atoms with E-state index in [-0.39, 0.29) is 11.8 Å². The fraction of sp³-hybridized carbons (Fsp3) is 0.526. The van der Waals surface area contributed by atoms with E-state index in [1.54, 1.807) is 0 Å². The molecule has 2 heterocycles. The van der Waals surface area contributed by atoms with E-state index >= 15 is 0 Å². The lowest BCUT2D eigenvalue weighted by molar-refractivity contribution is -0.137. The molecule has 1 fully saturated rings. The molecule has 0 atom stereocenters. The van der Waals surface area contributed by atoms with Crippen LogP contribution in [-0.2, 0) is 17.8 Å². The molecule has 6 heteroatoms. The van der Waals surface area contributed by atoms with Gasteiger partial charge in [-0.05, 0) is 43.4 Å². The van der Waals surface area contributed by atoms with E-state index in [1.165, 1.54) is 12.0 Å². The predicted octanol–water partition coefficient (Wildman–Crippen LogP) is 1.99. The molecule has 25 heavy (non-hydrogen) atoms. The van der Waals surface area contributed by atoms with Crippen molar-refractivity contribution >= 4 is 16.9 Å². The van der Waals surface area contributed by atoms with Crippen LogP contribution < -0.4 is 11.1 Å². The van der Waals surface area contributed by atoms with Crippen LogP contribution in [0.3, 0.4) is 0 Å². The topological polar surface area (TPSA) is 86.0 Å². The standard InChI is InChI=1S/C19H23N3O3/c1-11-9-15-16(21-18(24)17(23)20-15)14-10-22(8-7-13(11)14)19(25)12-5-3-2-4-6-12/h9,12H,2-8,10H2,1H3,(H,20,23)(H,21,24). The molecule has 1 aliphatic heterocycles. The Hall–Kier alpha value is -2.37. The van der Waals surface area contributed by atoms with Crippen LogP contribution in [0.5, 0.6) is 0 Å². The average molecular weight is 341 g/mol. The van der Waals surface area contributed by atoms with Crippen molar-refractivity contribution < 1.29 is 4.79 Å². The summed E-state index contributed by atoms with van der Waals surface area (Å²) in [5.41, 5.74) is 3.25. The largest absolute Gasteiger partial charge is 0.338 e. The highest BCUT2D eigenvalue weighted by atomic mass is 16.2. The molecule has 1 amide bonds. The Morgan fingerprint density at radius 3 is 2.56 bits per heavy atom. The van der Waals surface area contributed by atoms with Crippen LogP contribution >= 0.6 is 0 Å². The van der Waals surface area contributed by atoms with Gasteiger partial charge in [-0.3, -0.25) is 14.4 Å². The highest BCUT2D eigenvalue weighted by Gasteiger charge is 2.29. The van der Waals surface area contributed by atoms with E-state index in [9.17, 15) is 14.4 Å². The second-order valence-electron chi connectivity index (χ2n) is 7.33. The monoisotopic (exact) mass is 341 g/mol. The summed E-state index contributed by atoms with van der Waals surface area (Å²) in [7, 11) is 0. The number of H-pyrrole nitrogens is 2. The summed E-state index contributed by atoms with van der Waals surface area (Å²) in [5.74, 6) is 0.386. The Balaban J connectivity index is 1.74. The second-order valence-corrected chi connectivity index (χ2v) is 7.33. The number of hydrogen-bond acceptors (Lipinski definition) is 3. The number of aromatic nitrogens is 2. The molecule has 132 valence electrons. The van der Waals surface area contributed by atoms with Gasteiger partial charge in [-0.2, -0.15) is 0 Å². The van der Waals surface area contributed by atoms with Gasteiger partial charge in [-0.25, -0.2) is 0 Å². The van der Waals surface area contributed by atoms with Gasteiger partial charge < -0.3 is 14.9 Å². The van der Waals surface area contributed by atoms with E-state index in [4.69, 9.17) is 0 Å². The van der Waals surface area contributed by atoms with Crippen LogP contribution in [0.2, 0.25) is 0 Å². The molecule has 2 aliphatic rings. The molecule has 2 N–H and O–H groups in total. The third-order valence-electron chi connectivity index (χ3n) is 5.71. The summed E-state index contributed by atoms with van der Waals surface area (Å²) in [5, 5.41) is 0. The summed E-state index contributed by atoms with van der Waals surface area (Å²) in [6.07, 6.45) is 6.26. The van der Waals surface area contributed by atoms with Crippen molar-refractivity contribution in [3.8, 4) is 0 Å². The van der Waals surface area contributed by atoms with Gasteiger partial charge in [0.1, 0.15) is 0 Å². The Kier molecular flexibility index (Phi) is 3.98. The first-order chi connectivity index (χ1) is 12.0. The van der Waals surface area contributed by atoms with E-state index in [2.05, 4.69) is 9.97 Å². The summed E-state index contributed by atoms with van der Waals surface area (Å²) >= 11 is 0. The number of carbonyl (C=O) groups is 1. The van der Waals surface area contributed by atoms with Crippen LogP contribution in [0.1, 0.15) is 48.8 Å². The lowest BCUT2D eigenvalue weighted by atomic mass is 9.87. The molecule has 0 saturated heterocycles. The molecule has 0 unspecified atom stereocenters. The van der Waals surface area contributed by atoms with E-state index in [1.807, 2.05) is 17.9 Å². The highest BCUT2D eigenvalue weighted by molar-refractivity contribution is 5.83. The van der Waals surface area contributed by atoms with Crippen molar-refractivity contribution in [2.45, 2.75) is 52.0 Å². The van der Waals surface area contributed by atoms with Crippen molar-refractivity contribution in [1.29, 1.82) is 0 Å². The number of benzene rings is 1. The number of aromatic amines is 2. The summed E-state index contributed by atoms with van der Waals surface area (Å²) in [6.45, 7) is 3.24. The molecule has 0 bridgehead atoms. The van der Waals surface area contributed by atoms with E-state index in [0.29, 0.717) is 17.6 Å². The zero-order chi connectivity index (χ0) is 17.6. The fourth-order valence-electron chi connectivity index (χ4n) is 4.35. The molecular weight excluding hydrogens is 318 g/mol. The van der Waals surface area contributed by atoms with Crippen LogP contribution in [0, 0.1) is 12.8 Å². The molecule has 1 saturated carbocycles. The van der Waals surface area contributed by atoms with Gasteiger partial charge in [0.25, 0.3) is 0 Å². The molecule has 1 aliphatic carbocycles. The molecule has 6 nitrogen and oxygen atoms in total. The number of hydrogen-bond donors (Lipinski definition) is 2. The van der Waals surface area contributed by atoms with Crippen LogP contribution in [0.4, 0.5) is 0 Å². The molecule has 4 rings (SSSR count). The minimum Gasteiger partial charge on any atom is -0.338 e. The summed E-state index contributed by atoms with van der Waals surface area (Å²) in [4.78, 5) is 43.6. The number of aryl methyl sites for hydroxylation is 1. The Bertz CT molecular complexity index is 951. The molecule has 0 spiro atoms. The number of nitrogens with one attached hydrogen (secondary N) is 2. The minimum atomic E-state index is -0.644. The van der Waals surface area contributed by atoms with Crippen LogP contribution in [-0.4, -0.2) is 27.3 Å². The smallest absolute Gasteiger partial charge is 0.314 e. The predicted molar refractivity (Wildman–Crippen MR) is 95.6 cm³/mol. The van der Waals surface area contributed by atoms with Gasteiger partial charge >= 0.3 is 11.1 Å². The van der Waals surface area contributed by atoms with Crippen molar-refractivity contribution in [3.05, 3.63) is 43.5 Å². The molecular formula is C19H23N3O3. The third kappa shape index (κ3) is 2.79. The van der Waals surface area contributed by atoms with Crippen LogP contribution in [0.15, 0.2) is 15.7 Å².